The molecule has 160 valence electrons. The van der Waals surface area contributed by atoms with Crippen molar-refractivity contribution in [3.05, 3.63) is 71.5 Å². The summed E-state index contributed by atoms with van der Waals surface area (Å²) in [6.07, 6.45) is 4.14. The Labute approximate surface area is 185 Å². The van der Waals surface area contributed by atoms with Crippen LogP contribution in [0.4, 0.5) is 4.39 Å². The van der Waals surface area contributed by atoms with Gasteiger partial charge in [0.1, 0.15) is 5.82 Å². The number of rotatable bonds is 9. The van der Waals surface area contributed by atoms with Crippen LogP contribution < -0.4 is 5.32 Å². The molecule has 1 aliphatic heterocycles. The van der Waals surface area contributed by atoms with E-state index < -0.39 is 0 Å². The van der Waals surface area contributed by atoms with Crippen molar-refractivity contribution in [2.24, 2.45) is 5.92 Å². The number of carbonyl (C=O) groups excluding carboxylic acids is 1. The van der Waals surface area contributed by atoms with E-state index in [1.54, 1.807) is 12.1 Å². The standard InChI is InChI=1S/C23H29FN2O.2ClH/c24-22-8-6-21(7-9-22)23(27)11-15-25-14-10-19-12-16-26(17-13-19)18-20-4-2-1-3-5-20;;/h1-9,19,25H,10-18H2;2*1H. The smallest absolute Gasteiger partial charge is 0.164 e. The lowest BCUT2D eigenvalue weighted by Crippen LogP contribution is -2.34. The van der Waals surface area contributed by atoms with E-state index in [1.165, 1.54) is 50.0 Å². The van der Waals surface area contributed by atoms with Crippen molar-refractivity contribution >= 4 is 30.6 Å². The molecule has 2 aromatic rings. The number of nitrogens with zero attached hydrogens (tertiary/aromatic N) is 1. The van der Waals surface area contributed by atoms with Crippen LogP contribution in [0.3, 0.4) is 0 Å². The minimum absolute atomic E-state index is 0. The number of carbonyl (C=O) groups is 1. The summed E-state index contributed by atoms with van der Waals surface area (Å²) in [5.41, 5.74) is 1.98. The van der Waals surface area contributed by atoms with E-state index in [-0.39, 0.29) is 36.4 Å². The first-order valence-electron chi connectivity index (χ1n) is 9.96. The Hall–Kier alpha value is -1.46. The summed E-state index contributed by atoms with van der Waals surface area (Å²) in [5, 5.41) is 3.39. The van der Waals surface area contributed by atoms with Gasteiger partial charge in [-0.2, -0.15) is 0 Å². The molecule has 0 spiro atoms. The lowest BCUT2D eigenvalue weighted by molar-refractivity contribution is 0.0982. The molecule has 1 fully saturated rings. The summed E-state index contributed by atoms with van der Waals surface area (Å²) < 4.78 is 12.9. The Balaban J connectivity index is 0.00000210. The second-order valence-corrected chi connectivity index (χ2v) is 7.42. The van der Waals surface area contributed by atoms with Crippen LogP contribution >= 0.6 is 24.8 Å². The SMILES string of the molecule is Cl.Cl.O=C(CCNCCC1CCN(Cc2ccccc2)CC1)c1ccc(F)cc1. The lowest BCUT2D eigenvalue weighted by atomic mass is 9.93. The van der Waals surface area contributed by atoms with E-state index in [0.717, 1.165) is 19.0 Å². The summed E-state index contributed by atoms with van der Waals surface area (Å²) in [4.78, 5) is 14.6. The van der Waals surface area contributed by atoms with E-state index in [0.29, 0.717) is 18.5 Å². The number of ketones is 1. The maximum absolute atomic E-state index is 12.9. The minimum Gasteiger partial charge on any atom is -0.316 e. The van der Waals surface area contributed by atoms with Gasteiger partial charge in [0, 0.05) is 25.1 Å². The lowest BCUT2D eigenvalue weighted by Gasteiger charge is -2.32. The van der Waals surface area contributed by atoms with Gasteiger partial charge in [0.25, 0.3) is 0 Å². The summed E-state index contributed by atoms with van der Waals surface area (Å²) in [6.45, 7) is 5.03. The van der Waals surface area contributed by atoms with Crippen molar-refractivity contribution in [3.63, 3.8) is 0 Å². The van der Waals surface area contributed by atoms with Crippen LogP contribution in [0.5, 0.6) is 0 Å². The molecule has 2 aromatic carbocycles. The van der Waals surface area contributed by atoms with E-state index in [1.807, 2.05) is 0 Å². The summed E-state index contributed by atoms with van der Waals surface area (Å²) >= 11 is 0. The number of benzene rings is 2. The van der Waals surface area contributed by atoms with Crippen LogP contribution in [0.1, 0.15) is 41.6 Å². The maximum atomic E-state index is 12.9. The number of hydrogen-bond donors (Lipinski definition) is 1. The van der Waals surface area contributed by atoms with Gasteiger partial charge in [-0.1, -0.05) is 30.3 Å². The van der Waals surface area contributed by atoms with Crippen LogP contribution in [0.2, 0.25) is 0 Å². The van der Waals surface area contributed by atoms with E-state index >= 15 is 0 Å². The Kier molecular flexibility index (Phi) is 12.1. The van der Waals surface area contributed by atoms with Crippen LogP contribution in [0.25, 0.3) is 0 Å². The first-order chi connectivity index (χ1) is 13.2. The van der Waals surface area contributed by atoms with Crippen molar-refractivity contribution in [1.82, 2.24) is 10.2 Å². The van der Waals surface area contributed by atoms with E-state index in [2.05, 4.69) is 40.5 Å². The molecule has 0 aliphatic carbocycles. The molecule has 0 radical (unpaired) electrons. The molecule has 3 nitrogen and oxygen atoms in total. The zero-order chi connectivity index (χ0) is 18.9. The molecule has 0 unspecified atom stereocenters. The van der Waals surface area contributed by atoms with Crippen molar-refractivity contribution in [2.45, 2.75) is 32.2 Å². The molecule has 6 heteroatoms. The summed E-state index contributed by atoms with van der Waals surface area (Å²) in [6, 6.07) is 16.5. The fourth-order valence-corrected chi connectivity index (χ4v) is 3.69. The largest absolute Gasteiger partial charge is 0.316 e. The predicted molar refractivity (Wildman–Crippen MR) is 122 cm³/mol. The quantitative estimate of drug-likeness (QED) is 0.432. The van der Waals surface area contributed by atoms with Crippen molar-refractivity contribution in [3.8, 4) is 0 Å². The Morgan fingerprint density at radius 2 is 1.62 bits per heavy atom. The molecular weight excluding hydrogens is 410 g/mol. The second kappa shape index (κ2) is 13.7. The zero-order valence-corrected chi connectivity index (χ0v) is 18.3. The minimum atomic E-state index is -0.306. The van der Waals surface area contributed by atoms with Gasteiger partial charge in [-0.3, -0.25) is 9.69 Å². The number of nitrogens with one attached hydrogen (secondary N) is 1. The molecule has 29 heavy (non-hydrogen) atoms. The maximum Gasteiger partial charge on any atom is 0.164 e. The van der Waals surface area contributed by atoms with Gasteiger partial charge in [0.2, 0.25) is 0 Å². The highest BCUT2D eigenvalue weighted by atomic mass is 35.5. The fourth-order valence-electron chi connectivity index (χ4n) is 3.69. The second-order valence-electron chi connectivity index (χ2n) is 7.42. The van der Waals surface area contributed by atoms with Crippen LogP contribution in [0.15, 0.2) is 54.6 Å². The average molecular weight is 441 g/mol. The monoisotopic (exact) mass is 440 g/mol. The average Bonchev–Trinajstić information content (AvgIpc) is 2.70. The first kappa shape index (κ1) is 25.6. The van der Waals surface area contributed by atoms with Crippen molar-refractivity contribution < 1.29 is 9.18 Å². The Bertz CT molecular complexity index is 705. The number of hydrogen-bond acceptors (Lipinski definition) is 3. The van der Waals surface area contributed by atoms with Gasteiger partial charge >= 0.3 is 0 Å². The van der Waals surface area contributed by atoms with E-state index in [9.17, 15) is 9.18 Å². The zero-order valence-electron chi connectivity index (χ0n) is 16.7. The van der Waals surface area contributed by atoms with Gasteiger partial charge in [-0.05, 0) is 74.6 Å². The van der Waals surface area contributed by atoms with Crippen molar-refractivity contribution in [2.75, 3.05) is 26.2 Å². The van der Waals surface area contributed by atoms with E-state index in [4.69, 9.17) is 0 Å². The highest BCUT2D eigenvalue weighted by molar-refractivity contribution is 5.96. The van der Waals surface area contributed by atoms with Crippen LogP contribution in [-0.4, -0.2) is 36.9 Å². The number of likely N-dealkylation sites (tertiary alicyclic amines) is 1. The van der Waals surface area contributed by atoms with Gasteiger partial charge in [-0.15, -0.1) is 24.8 Å². The molecule has 3 rings (SSSR count). The summed E-state index contributed by atoms with van der Waals surface area (Å²) in [7, 11) is 0. The predicted octanol–water partition coefficient (Wildman–Crippen LogP) is 5.13. The summed E-state index contributed by atoms with van der Waals surface area (Å²) in [5.74, 6) is 0.536. The van der Waals surface area contributed by atoms with Gasteiger partial charge < -0.3 is 5.32 Å². The Morgan fingerprint density at radius 1 is 0.966 bits per heavy atom. The molecule has 0 saturated carbocycles. The normalized spacial score (nSPS) is 14.7. The van der Waals surface area contributed by atoms with Gasteiger partial charge in [-0.25, -0.2) is 4.39 Å². The molecule has 1 aliphatic rings. The van der Waals surface area contributed by atoms with Crippen LogP contribution in [-0.2, 0) is 6.54 Å². The molecular formula is C23H31Cl2FN2O. The third kappa shape index (κ3) is 8.83. The molecule has 0 atom stereocenters. The highest BCUT2D eigenvalue weighted by Crippen LogP contribution is 2.21. The third-order valence-corrected chi connectivity index (χ3v) is 5.38. The number of halogens is 3. The third-order valence-electron chi connectivity index (χ3n) is 5.38. The molecule has 0 amide bonds. The number of Topliss-reactive ketones (excluding diaryl/α,β-unsaturated/α-hetero) is 1. The van der Waals surface area contributed by atoms with Gasteiger partial charge in [0.15, 0.2) is 5.78 Å². The number of piperidine rings is 1. The van der Waals surface area contributed by atoms with Gasteiger partial charge in [0.05, 0.1) is 0 Å². The molecule has 1 N–H and O–H groups in total. The molecule has 1 heterocycles. The molecule has 0 aromatic heterocycles. The van der Waals surface area contributed by atoms with Crippen LogP contribution in [0, 0.1) is 11.7 Å². The molecule has 0 bridgehead atoms. The highest BCUT2D eigenvalue weighted by Gasteiger charge is 2.18. The fraction of sp³-hybridized carbons (Fsp3) is 0.435. The first-order valence-corrected chi connectivity index (χ1v) is 9.96. The topological polar surface area (TPSA) is 32.3 Å². The van der Waals surface area contributed by atoms with Crippen molar-refractivity contribution in [1.29, 1.82) is 0 Å². The Morgan fingerprint density at radius 3 is 2.28 bits per heavy atom. The molecule has 1 saturated heterocycles.